The molecule has 0 amide bonds. The number of hydrogen-bond donors (Lipinski definition) is 1. The zero-order valence-electron chi connectivity index (χ0n) is 17.3. The van der Waals surface area contributed by atoms with Crippen LogP contribution >= 0.6 is 34.9 Å². The lowest BCUT2D eigenvalue weighted by Gasteiger charge is -2.26. The third-order valence-corrected chi connectivity index (χ3v) is 5.97. The molecule has 0 unspecified atom stereocenters. The number of nitrogens with zero attached hydrogens (tertiary/aromatic N) is 3. The van der Waals surface area contributed by atoms with Gasteiger partial charge in [-0.15, -0.1) is 22.7 Å². The maximum Gasteiger partial charge on any atom is 0.353 e. The van der Waals surface area contributed by atoms with E-state index in [1.165, 1.54) is 22.7 Å². The maximum atomic E-state index is 12.5. The fourth-order valence-electron chi connectivity index (χ4n) is 2.27. The Morgan fingerprint density at radius 1 is 1.17 bits per heavy atom. The average molecular weight is 463 g/mol. The van der Waals surface area contributed by atoms with Crippen LogP contribution in [-0.4, -0.2) is 37.7 Å². The quantitative estimate of drug-likeness (QED) is 0.188. The number of thiocarbonyl (C=S) groups is 1. The number of thiazole rings is 2. The summed E-state index contributed by atoms with van der Waals surface area (Å²) in [6, 6.07) is 7.74. The van der Waals surface area contributed by atoms with Gasteiger partial charge in [-0.3, -0.25) is 0 Å². The normalized spacial score (nSPS) is 12.8. The molecule has 7 nitrogen and oxygen atoms in total. The summed E-state index contributed by atoms with van der Waals surface area (Å²) in [5.74, 6) is -0.540. The van der Waals surface area contributed by atoms with Gasteiger partial charge >= 0.3 is 5.97 Å². The molecule has 0 aliphatic rings. The van der Waals surface area contributed by atoms with Crippen LogP contribution in [0.4, 0.5) is 5.13 Å². The van der Waals surface area contributed by atoms with E-state index in [1.54, 1.807) is 40.0 Å². The van der Waals surface area contributed by atoms with Crippen molar-refractivity contribution >= 4 is 66.8 Å². The average Bonchev–Trinajstić information content (AvgIpc) is 3.26. The van der Waals surface area contributed by atoms with Crippen molar-refractivity contribution < 1.29 is 14.4 Å². The Morgan fingerprint density at radius 3 is 2.47 bits per heavy atom. The Bertz CT molecular complexity index is 1090. The van der Waals surface area contributed by atoms with Gasteiger partial charge in [0.25, 0.3) is 0 Å². The molecule has 0 aliphatic heterocycles. The van der Waals surface area contributed by atoms with Crippen LogP contribution in [0.2, 0.25) is 0 Å². The molecule has 2 N–H and O–H groups in total. The first kappa shape index (κ1) is 22.3. The molecule has 158 valence electrons. The van der Waals surface area contributed by atoms with Crippen LogP contribution < -0.4 is 5.73 Å². The second-order valence-electron chi connectivity index (χ2n) is 7.93. The highest BCUT2D eigenvalue weighted by molar-refractivity contribution is 7.83. The molecule has 0 saturated heterocycles. The van der Waals surface area contributed by atoms with Crippen LogP contribution in [0.25, 0.3) is 10.2 Å². The Labute approximate surface area is 187 Å². The second kappa shape index (κ2) is 8.37. The van der Waals surface area contributed by atoms with Gasteiger partial charge < -0.3 is 15.3 Å². The zero-order valence-corrected chi connectivity index (χ0v) is 19.7. The molecule has 10 heteroatoms. The van der Waals surface area contributed by atoms with Gasteiger partial charge in [-0.05, 0) is 46.8 Å². The summed E-state index contributed by atoms with van der Waals surface area (Å²) in [7, 11) is 0. The minimum atomic E-state index is -1.33. The monoisotopic (exact) mass is 462 g/mol. The Morgan fingerprint density at radius 2 is 1.87 bits per heavy atom. The number of nitrogen functional groups attached to an aromatic ring is 1. The van der Waals surface area contributed by atoms with Crippen molar-refractivity contribution in [3.05, 3.63) is 40.3 Å². The SMILES string of the molecule is CC(C)(C)OC(=O)C(C)(C)O/N=C(\C(=S)c1nc2ccccc2s1)c1csc(N)n1. The number of esters is 1. The summed E-state index contributed by atoms with van der Waals surface area (Å²) >= 11 is 8.37. The van der Waals surface area contributed by atoms with E-state index in [9.17, 15) is 4.79 Å². The summed E-state index contributed by atoms with van der Waals surface area (Å²) < 4.78 is 6.42. The Hall–Kier alpha value is -2.43. The molecule has 3 aromatic rings. The highest BCUT2D eigenvalue weighted by atomic mass is 32.1. The second-order valence-corrected chi connectivity index (χ2v) is 10.3. The van der Waals surface area contributed by atoms with Crippen molar-refractivity contribution in [3.8, 4) is 0 Å². The van der Waals surface area contributed by atoms with E-state index in [0.29, 0.717) is 20.7 Å². The van der Waals surface area contributed by atoms with Gasteiger partial charge in [0.15, 0.2) is 10.8 Å². The fraction of sp³-hybridized carbons (Fsp3) is 0.350. The van der Waals surface area contributed by atoms with Crippen molar-refractivity contribution in [3.63, 3.8) is 0 Å². The molecule has 0 aliphatic carbocycles. The first-order chi connectivity index (χ1) is 14.0. The van der Waals surface area contributed by atoms with E-state index in [1.807, 2.05) is 24.3 Å². The lowest BCUT2D eigenvalue weighted by molar-refractivity contribution is -0.179. The summed E-state index contributed by atoms with van der Waals surface area (Å²) in [6.45, 7) is 8.53. The van der Waals surface area contributed by atoms with Gasteiger partial charge in [0.05, 0.1) is 10.2 Å². The van der Waals surface area contributed by atoms with Gasteiger partial charge in [0.2, 0.25) is 5.60 Å². The molecule has 0 radical (unpaired) electrons. The van der Waals surface area contributed by atoms with Crippen molar-refractivity contribution in [2.24, 2.45) is 5.16 Å². The smallest absolute Gasteiger partial charge is 0.353 e. The number of ether oxygens (including phenoxy) is 1. The summed E-state index contributed by atoms with van der Waals surface area (Å²) in [5.41, 5.74) is 5.40. The fourth-order valence-corrected chi connectivity index (χ4v) is 4.04. The molecule has 30 heavy (non-hydrogen) atoms. The van der Waals surface area contributed by atoms with Gasteiger partial charge in [0, 0.05) is 5.38 Å². The first-order valence-corrected chi connectivity index (χ1v) is 11.2. The summed E-state index contributed by atoms with van der Waals surface area (Å²) in [5, 5.41) is 6.92. The molecule has 2 heterocycles. The van der Waals surface area contributed by atoms with Crippen LogP contribution in [0, 0.1) is 0 Å². The van der Waals surface area contributed by atoms with Crippen LogP contribution in [0.3, 0.4) is 0 Å². The number of carbonyl (C=O) groups excluding carboxylic acids is 1. The summed E-state index contributed by atoms with van der Waals surface area (Å²) in [6.07, 6.45) is 0. The number of hydrogen-bond acceptors (Lipinski definition) is 10. The molecule has 0 saturated carbocycles. The van der Waals surface area contributed by atoms with E-state index in [0.717, 1.165) is 10.2 Å². The van der Waals surface area contributed by atoms with Gasteiger partial charge in [-0.2, -0.15) is 0 Å². The van der Waals surface area contributed by atoms with Crippen molar-refractivity contribution in [2.75, 3.05) is 5.73 Å². The lowest BCUT2D eigenvalue weighted by Crippen LogP contribution is -2.40. The van der Waals surface area contributed by atoms with Gasteiger partial charge in [-0.1, -0.05) is 29.5 Å². The number of para-hydroxylation sites is 1. The highest BCUT2D eigenvalue weighted by Crippen LogP contribution is 2.25. The lowest BCUT2D eigenvalue weighted by atomic mass is 10.1. The number of oxime groups is 1. The number of rotatable bonds is 6. The number of carbonyl (C=O) groups is 1. The third kappa shape index (κ3) is 5.18. The predicted octanol–water partition coefficient (Wildman–Crippen LogP) is 4.59. The van der Waals surface area contributed by atoms with E-state index >= 15 is 0 Å². The molecule has 1 aromatic carbocycles. The first-order valence-electron chi connectivity index (χ1n) is 9.07. The van der Waals surface area contributed by atoms with Crippen molar-refractivity contribution in [1.82, 2.24) is 9.97 Å². The molecule has 0 fully saturated rings. The van der Waals surface area contributed by atoms with Crippen LogP contribution in [0.5, 0.6) is 0 Å². The van der Waals surface area contributed by atoms with Crippen molar-refractivity contribution in [1.29, 1.82) is 0 Å². The van der Waals surface area contributed by atoms with Crippen LogP contribution in [0.1, 0.15) is 45.3 Å². The molecular weight excluding hydrogens is 440 g/mol. The van der Waals surface area contributed by atoms with Crippen LogP contribution in [-0.2, 0) is 14.4 Å². The van der Waals surface area contributed by atoms with Crippen molar-refractivity contribution in [2.45, 2.75) is 45.8 Å². The molecule has 2 aromatic heterocycles. The molecule has 0 bridgehead atoms. The Kier molecular flexibility index (Phi) is 6.21. The Balaban J connectivity index is 1.94. The van der Waals surface area contributed by atoms with Gasteiger partial charge in [0.1, 0.15) is 21.2 Å². The van der Waals surface area contributed by atoms with Gasteiger partial charge in [-0.25, -0.2) is 14.8 Å². The number of nitrogens with two attached hydrogens (primary N) is 1. The van der Waals surface area contributed by atoms with E-state index in [4.69, 9.17) is 27.5 Å². The molecule has 0 spiro atoms. The molecule has 0 atom stereocenters. The van der Waals surface area contributed by atoms with E-state index < -0.39 is 17.2 Å². The standard InChI is InChI=1S/C20H22N4O3S3/c1-19(2,3)26-17(25)20(4,5)27-24-14(12-10-29-18(21)23-12)15(28)16-22-11-8-6-7-9-13(11)30-16/h6-10H,1-5H3,(H2,21,23)/b24-14-. The minimum absolute atomic E-state index is 0.286. The zero-order chi connectivity index (χ0) is 22.1. The number of fused-ring (bicyclic) bond motifs is 1. The molecular formula is C20H22N4O3S3. The molecule has 3 rings (SSSR count). The largest absolute Gasteiger partial charge is 0.457 e. The predicted molar refractivity (Wildman–Crippen MR) is 125 cm³/mol. The minimum Gasteiger partial charge on any atom is -0.457 e. The number of aromatic nitrogens is 2. The summed E-state index contributed by atoms with van der Waals surface area (Å²) in [4.78, 5) is 27.3. The van der Waals surface area contributed by atoms with Crippen LogP contribution in [0.15, 0.2) is 34.8 Å². The highest BCUT2D eigenvalue weighted by Gasteiger charge is 2.36. The third-order valence-electron chi connectivity index (χ3n) is 3.72. The number of anilines is 1. The number of benzene rings is 1. The van der Waals surface area contributed by atoms with E-state index in [-0.39, 0.29) is 5.71 Å². The topological polar surface area (TPSA) is 99.7 Å². The van der Waals surface area contributed by atoms with E-state index in [2.05, 4.69) is 15.1 Å². The maximum absolute atomic E-state index is 12.5.